The first kappa shape index (κ1) is 10.9. The number of aromatic carboxylic acids is 1. The van der Waals surface area contributed by atoms with Crippen LogP contribution in [0.4, 0.5) is 5.82 Å². The SMILES string of the molecule is Cc1nc(N2CCNCC2)ccc1C(=O)O. The van der Waals surface area contributed by atoms with Crippen LogP contribution in [0, 0.1) is 6.92 Å². The fourth-order valence-corrected chi connectivity index (χ4v) is 1.84. The number of nitrogens with zero attached hydrogens (tertiary/aromatic N) is 2. The van der Waals surface area contributed by atoms with Crippen LogP contribution >= 0.6 is 0 Å². The van der Waals surface area contributed by atoms with Gasteiger partial charge in [-0.15, -0.1) is 0 Å². The molecule has 1 aromatic rings. The molecule has 0 amide bonds. The summed E-state index contributed by atoms with van der Waals surface area (Å²) in [6, 6.07) is 3.41. The lowest BCUT2D eigenvalue weighted by Gasteiger charge is -2.28. The van der Waals surface area contributed by atoms with Gasteiger partial charge in [-0.3, -0.25) is 0 Å². The molecule has 0 radical (unpaired) electrons. The maximum absolute atomic E-state index is 10.8. The normalized spacial score (nSPS) is 16.2. The smallest absolute Gasteiger partial charge is 0.337 e. The second-order valence-corrected chi connectivity index (χ2v) is 3.84. The number of rotatable bonds is 2. The molecule has 2 rings (SSSR count). The number of aryl methyl sites for hydroxylation is 1. The molecule has 1 aliphatic heterocycles. The third kappa shape index (κ3) is 2.14. The van der Waals surface area contributed by atoms with Crippen LogP contribution < -0.4 is 10.2 Å². The van der Waals surface area contributed by atoms with E-state index >= 15 is 0 Å². The van der Waals surface area contributed by atoms with Crippen molar-refractivity contribution in [2.75, 3.05) is 31.1 Å². The van der Waals surface area contributed by atoms with E-state index in [1.165, 1.54) is 0 Å². The molecule has 1 aromatic heterocycles. The molecule has 0 aliphatic carbocycles. The van der Waals surface area contributed by atoms with Crippen LogP contribution in [0.1, 0.15) is 16.1 Å². The van der Waals surface area contributed by atoms with Gasteiger partial charge in [0.25, 0.3) is 0 Å². The van der Waals surface area contributed by atoms with E-state index < -0.39 is 5.97 Å². The number of pyridine rings is 1. The first-order valence-corrected chi connectivity index (χ1v) is 5.35. The van der Waals surface area contributed by atoms with Crippen LogP contribution in [0.5, 0.6) is 0 Å². The standard InChI is InChI=1S/C11H15N3O2/c1-8-9(11(15)16)2-3-10(13-8)14-6-4-12-5-7-14/h2-3,12H,4-7H2,1H3,(H,15,16). The molecule has 16 heavy (non-hydrogen) atoms. The summed E-state index contributed by atoms with van der Waals surface area (Å²) < 4.78 is 0. The molecule has 0 aromatic carbocycles. The average molecular weight is 221 g/mol. The van der Waals surface area contributed by atoms with Crippen LogP contribution in [0.25, 0.3) is 0 Å². The number of nitrogens with one attached hydrogen (secondary N) is 1. The first-order valence-electron chi connectivity index (χ1n) is 5.35. The van der Waals surface area contributed by atoms with Gasteiger partial charge >= 0.3 is 5.97 Å². The van der Waals surface area contributed by atoms with Crippen LogP contribution in [0.3, 0.4) is 0 Å². The Morgan fingerprint density at radius 3 is 2.69 bits per heavy atom. The van der Waals surface area contributed by atoms with Crippen molar-refractivity contribution >= 4 is 11.8 Å². The predicted molar refractivity (Wildman–Crippen MR) is 61.0 cm³/mol. The van der Waals surface area contributed by atoms with E-state index in [1.54, 1.807) is 19.1 Å². The van der Waals surface area contributed by atoms with Gasteiger partial charge < -0.3 is 15.3 Å². The van der Waals surface area contributed by atoms with Gasteiger partial charge in [-0.05, 0) is 19.1 Å². The van der Waals surface area contributed by atoms with Crippen molar-refractivity contribution in [1.82, 2.24) is 10.3 Å². The topological polar surface area (TPSA) is 65.5 Å². The number of carboxylic acid groups (broad SMARTS) is 1. The van der Waals surface area contributed by atoms with Crippen LogP contribution in [0.15, 0.2) is 12.1 Å². The van der Waals surface area contributed by atoms with Gasteiger partial charge in [0.2, 0.25) is 0 Å². The van der Waals surface area contributed by atoms with E-state index in [0.717, 1.165) is 32.0 Å². The van der Waals surface area contributed by atoms with E-state index in [9.17, 15) is 4.79 Å². The molecule has 0 atom stereocenters. The summed E-state index contributed by atoms with van der Waals surface area (Å²) in [6.45, 7) is 5.45. The monoisotopic (exact) mass is 221 g/mol. The third-order valence-corrected chi connectivity index (χ3v) is 2.74. The molecule has 0 spiro atoms. The highest BCUT2D eigenvalue weighted by molar-refractivity contribution is 5.89. The number of aromatic nitrogens is 1. The summed E-state index contributed by atoms with van der Waals surface area (Å²) in [7, 11) is 0. The molecule has 2 N–H and O–H groups in total. The largest absolute Gasteiger partial charge is 0.478 e. The number of hydrogen-bond donors (Lipinski definition) is 2. The number of hydrogen-bond acceptors (Lipinski definition) is 4. The summed E-state index contributed by atoms with van der Waals surface area (Å²) in [5.41, 5.74) is 0.849. The Bertz CT molecular complexity index is 400. The van der Waals surface area contributed by atoms with E-state index in [1.807, 2.05) is 0 Å². The summed E-state index contributed by atoms with van der Waals surface area (Å²) >= 11 is 0. The maximum atomic E-state index is 10.8. The van der Waals surface area contributed by atoms with E-state index in [-0.39, 0.29) is 5.56 Å². The molecule has 1 aliphatic rings. The molecule has 1 fully saturated rings. The van der Waals surface area contributed by atoms with E-state index in [2.05, 4.69) is 15.2 Å². The number of carboxylic acids is 1. The zero-order valence-corrected chi connectivity index (χ0v) is 9.23. The number of carbonyl (C=O) groups is 1. The molecule has 0 bridgehead atoms. The minimum absolute atomic E-state index is 0.277. The molecule has 5 nitrogen and oxygen atoms in total. The molecular formula is C11H15N3O2. The van der Waals surface area contributed by atoms with Gasteiger partial charge in [0, 0.05) is 26.2 Å². The highest BCUT2D eigenvalue weighted by Crippen LogP contribution is 2.15. The highest BCUT2D eigenvalue weighted by atomic mass is 16.4. The molecule has 1 saturated heterocycles. The fourth-order valence-electron chi connectivity index (χ4n) is 1.84. The lowest BCUT2D eigenvalue weighted by molar-refractivity contribution is 0.0695. The zero-order chi connectivity index (χ0) is 11.5. The van der Waals surface area contributed by atoms with Crippen molar-refractivity contribution in [3.63, 3.8) is 0 Å². The van der Waals surface area contributed by atoms with Gasteiger partial charge in [0.15, 0.2) is 0 Å². The summed E-state index contributed by atoms with van der Waals surface area (Å²) in [5.74, 6) is -0.0548. The number of anilines is 1. The molecule has 86 valence electrons. The summed E-state index contributed by atoms with van der Waals surface area (Å²) in [4.78, 5) is 17.3. The minimum Gasteiger partial charge on any atom is -0.478 e. The fraction of sp³-hybridized carbons (Fsp3) is 0.455. The Morgan fingerprint density at radius 2 is 2.12 bits per heavy atom. The van der Waals surface area contributed by atoms with Crippen molar-refractivity contribution in [1.29, 1.82) is 0 Å². The molecular weight excluding hydrogens is 206 g/mol. The Labute approximate surface area is 94.1 Å². The Morgan fingerprint density at radius 1 is 1.44 bits per heavy atom. The second-order valence-electron chi connectivity index (χ2n) is 3.84. The minimum atomic E-state index is -0.920. The second kappa shape index (κ2) is 4.49. The van der Waals surface area contributed by atoms with Crippen LogP contribution in [-0.4, -0.2) is 42.2 Å². The van der Waals surface area contributed by atoms with Crippen molar-refractivity contribution in [2.45, 2.75) is 6.92 Å². The zero-order valence-electron chi connectivity index (χ0n) is 9.23. The van der Waals surface area contributed by atoms with Crippen molar-refractivity contribution < 1.29 is 9.90 Å². The lowest BCUT2D eigenvalue weighted by Crippen LogP contribution is -2.44. The van der Waals surface area contributed by atoms with Crippen LogP contribution in [0.2, 0.25) is 0 Å². The quantitative estimate of drug-likeness (QED) is 0.761. The highest BCUT2D eigenvalue weighted by Gasteiger charge is 2.14. The van der Waals surface area contributed by atoms with Gasteiger partial charge in [0.1, 0.15) is 5.82 Å². The van der Waals surface area contributed by atoms with Gasteiger partial charge in [-0.25, -0.2) is 9.78 Å². The van der Waals surface area contributed by atoms with Gasteiger partial charge in [-0.1, -0.05) is 0 Å². The van der Waals surface area contributed by atoms with Gasteiger partial charge in [0.05, 0.1) is 11.3 Å². The van der Waals surface area contributed by atoms with E-state index in [0.29, 0.717) is 5.69 Å². The molecule has 5 heteroatoms. The molecule has 0 saturated carbocycles. The number of piperazine rings is 1. The van der Waals surface area contributed by atoms with E-state index in [4.69, 9.17) is 5.11 Å². The molecule has 0 unspecified atom stereocenters. The Balaban J connectivity index is 2.23. The Hall–Kier alpha value is -1.62. The maximum Gasteiger partial charge on any atom is 0.337 e. The van der Waals surface area contributed by atoms with Gasteiger partial charge in [-0.2, -0.15) is 0 Å². The molecule has 2 heterocycles. The van der Waals surface area contributed by atoms with Crippen molar-refractivity contribution in [3.8, 4) is 0 Å². The predicted octanol–water partition coefficient (Wildman–Crippen LogP) is 0.498. The summed E-state index contributed by atoms with van der Waals surface area (Å²) in [5, 5.41) is 12.2. The lowest BCUT2D eigenvalue weighted by atomic mass is 10.2. The Kier molecular flexibility index (Phi) is 3.05. The third-order valence-electron chi connectivity index (χ3n) is 2.74. The average Bonchev–Trinajstić information content (AvgIpc) is 2.29. The van der Waals surface area contributed by atoms with Crippen LogP contribution in [-0.2, 0) is 0 Å². The summed E-state index contributed by atoms with van der Waals surface area (Å²) in [6.07, 6.45) is 0. The van der Waals surface area contributed by atoms with Crippen molar-refractivity contribution in [3.05, 3.63) is 23.4 Å². The first-order chi connectivity index (χ1) is 7.68. The van der Waals surface area contributed by atoms with Crippen molar-refractivity contribution in [2.24, 2.45) is 0 Å².